The van der Waals surface area contributed by atoms with Crippen LogP contribution in [0.4, 0.5) is 22.0 Å². The van der Waals surface area contributed by atoms with Crippen LogP contribution in [0.15, 0.2) is 24.3 Å². The zero-order chi connectivity index (χ0) is 23.1. The Morgan fingerprint density at radius 2 is 1.38 bits per heavy atom. The fraction of sp³-hybridized carbons (Fsp3) is 0.692. The number of benzene rings is 1. The largest absolute Gasteiger partial charge is 0.573 e. The molecule has 0 spiro atoms. The Morgan fingerprint density at radius 1 is 0.844 bits per heavy atom. The molecular formula is C26H35F5O. The number of hydrogen-bond donors (Lipinski definition) is 0. The van der Waals surface area contributed by atoms with Gasteiger partial charge < -0.3 is 4.74 Å². The summed E-state index contributed by atoms with van der Waals surface area (Å²) in [5.41, 5.74) is 0.438. The molecule has 0 heterocycles. The number of hydrogen-bond acceptors (Lipinski definition) is 1. The molecule has 3 rings (SSSR count). The molecule has 0 radical (unpaired) electrons. The predicted octanol–water partition coefficient (Wildman–Crippen LogP) is 9.08. The Hall–Kier alpha value is -1.59. The van der Waals surface area contributed by atoms with Crippen molar-refractivity contribution >= 4 is 0 Å². The van der Waals surface area contributed by atoms with E-state index in [1.165, 1.54) is 51.4 Å². The fourth-order valence-corrected chi connectivity index (χ4v) is 5.63. The van der Waals surface area contributed by atoms with Gasteiger partial charge >= 0.3 is 6.36 Å². The molecule has 0 N–H and O–H groups in total. The van der Waals surface area contributed by atoms with E-state index >= 15 is 0 Å². The molecule has 1 aromatic carbocycles. The van der Waals surface area contributed by atoms with Crippen molar-refractivity contribution in [2.75, 3.05) is 0 Å². The Bertz CT molecular complexity index is 718. The van der Waals surface area contributed by atoms with Crippen LogP contribution in [0.3, 0.4) is 0 Å². The highest BCUT2D eigenvalue weighted by atomic mass is 19.4. The fourth-order valence-electron chi connectivity index (χ4n) is 5.63. The van der Waals surface area contributed by atoms with Crippen LogP contribution in [0.5, 0.6) is 5.75 Å². The summed E-state index contributed by atoms with van der Waals surface area (Å²) in [5, 5.41) is 0. The van der Waals surface area contributed by atoms with Gasteiger partial charge in [-0.3, -0.25) is 0 Å². The quantitative estimate of drug-likeness (QED) is 0.279. The Balaban J connectivity index is 1.46. The highest BCUT2D eigenvalue weighted by molar-refractivity contribution is 5.33. The first-order valence-corrected chi connectivity index (χ1v) is 12.2. The predicted molar refractivity (Wildman–Crippen MR) is 116 cm³/mol. The summed E-state index contributed by atoms with van der Waals surface area (Å²) in [6.07, 6.45) is 13.1. The van der Waals surface area contributed by atoms with E-state index in [1.54, 1.807) is 0 Å². The lowest BCUT2D eigenvalue weighted by atomic mass is 9.68. The number of ether oxygens (including phenoxy) is 1. The van der Waals surface area contributed by atoms with Crippen molar-refractivity contribution < 1.29 is 26.7 Å². The first-order valence-electron chi connectivity index (χ1n) is 12.2. The minimum absolute atomic E-state index is 0.0126. The zero-order valence-electron chi connectivity index (χ0n) is 18.9. The third-order valence-electron chi connectivity index (χ3n) is 7.40. The summed E-state index contributed by atoms with van der Waals surface area (Å²) < 4.78 is 68.7. The van der Waals surface area contributed by atoms with Gasteiger partial charge in [0, 0.05) is 0 Å². The molecule has 0 bridgehead atoms. The molecule has 1 aromatic rings. The van der Waals surface area contributed by atoms with E-state index in [2.05, 4.69) is 23.8 Å². The Kier molecular flexibility index (Phi) is 9.01. The van der Waals surface area contributed by atoms with Gasteiger partial charge in [0.2, 0.25) is 5.75 Å². The second-order valence-electron chi connectivity index (χ2n) is 9.59. The van der Waals surface area contributed by atoms with Crippen molar-refractivity contribution in [1.82, 2.24) is 0 Å². The molecule has 2 saturated carbocycles. The lowest BCUT2D eigenvalue weighted by molar-refractivity contribution is -0.276. The highest BCUT2D eigenvalue weighted by Gasteiger charge is 2.35. The smallest absolute Gasteiger partial charge is 0.399 e. The molecule has 1 nitrogen and oxygen atoms in total. The molecule has 2 aliphatic rings. The first-order chi connectivity index (χ1) is 15.3. The third kappa shape index (κ3) is 7.21. The van der Waals surface area contributed by atoms with Gasteiger partial charge in [-0.1, -0.05) is 38.3 Å². The summed E-state index contributed by atoms with van der Waals surface area (Å²) in [7, 11) is 0. The Labute approximate surface area is 188 Å². The van der Waals surface area contributed by atoms with Gasteiger partial charge in [0.1, 0.15) is 0 Å². The second kappa shape index (κ2) is 11.5. The van der Waals surface area contributed by atoms with Crippen LogP contribution < -0.4 is 4.74 Å². The average Bonchev–Trinajstić information content (AvgIpc) is 2.76. The zero-order valence-corrected chi connectivity index (χ0v) is 18.9. The molecule has 2 fully saturated rings. The number of rotatable bonds is 8. The van der Waals surface area contributed by atoms with E-state index < -0.39 is 23.7 Å². The molecule has 0 saturated heterocycles. The van der Waals surface area contributed by atoms with Gasteiger partial charge in [-0.2, -0.15) is 0 Å². The van der Waals surface area contributed by atoms with Crippen molar-refractivity contribution in [3.63, 3.8) is 0 Å². The molecule has 0 unspecified atom stereocenters. The molecule has 6 heteroatoms. The van der Waals surface area contributed by atoms with Gasteiger partial charge in [0.25, 0.3) is 0 Å². The van der Waals surface area contributed by atoms with Crippen LogP contribution in [0.1, 0.15) is 95.5 Å². The monoisotopic (exact) mass is 458 g/mol. The van der Waals surface area contributed by atoms with E-state index in [1.807, 2.05) is 0 Å². The van der Waals surface area contributed by atoms with E-state index in [-0.39, 0.29) is 5.92 Å². The van der Waals surface area contributed by atoms with Crippen molar-refractivity contribution in [1.29, 1.82) is 0 Å². The third-order valence-corrected chi connectivity index (χ3v) is 7.40. The topological polar surface area (TPSA) is 9.23 Å². The van der Waals surface area contributed by atoms with Crippen molar-refractivity contribution in [3.8, 4) is 5.75 Å². The molecule has 180 valence electrons. The van der Waals surface area contributed by atoms with Crippen molar-refractivity contribution in [3.05, 3.63) is 41.5 Å². The molecule has 0 aliphatic heterocycles. The number of allylic oxidation sites excluding steroid dienone is 2. The van der Waals surface area contributed by atoms with Gasteiger partial charge in [0.15, 0.2) is 11.6 Å². The summed E-state index contributed by atoms with van der Waals surface area (Å²) >= 11 is 0. The van der Waals surface area contributed by atoms with Crippen LogP contribution in [0.2, 0.25) is 0 Å². The van der Waals surface area contributed by atoms with E-state index in [0.29, 0.717) is 11.5 Å². The van der Waals surface area contributed by atoms with Crippen LogP contribution in [-0.2, 0) is 0 Å². The van der Waals surface area contributed by atoms with E-state index in [0.717, 1.165) is 49.7 Å². The SMILES string of the molecule is CCCC=CCCC1CCC(C2CCC(c3cc(F)c(OC(F)(F)F)c(F)c3)CC2)CC1. The number of alkyl halides is 3. The summed E-state index contributed by atoms with van der Waals surface area (Å²) in [6.45, 7) is 2.19. The maximum absolute atomic E-state index is 14.1. The van der Waals surface area contributed by atoms with Crippen LogP contribution >= 0.6 is 0 Å². The molecule has 0 amide bonds. The number of unbranched alkanes of at least 4 members (excludes halogenated alkanes) is 1. The van der Waals surface area contributed by atoms with Gasteiger partial charge in [-0.25, -0.2) is 8.78 Å². The minimum atomic E-state index is -5.12. The lowest BCUT2D eigenvalue weighted by Crippen LogP contribution is -2.25. The molecular weight excluding hydrogens is 423 g/mol. The van der Waals surface area contributed by atoms with Gasteiger partial charge in [-0.15, -0.1) is 13.2 Å². The van der Waals surface area contributed by atoms with Crippen LogP contribution in [0, 0.1) is 29.4 Å². The summed E-state index contributed by atoms with van der Waals surface area (Å²) in [5.74, 6) is -1.74. The van der Waals surface area contributed by atoms with Crippen molar-refractivity contribution in [2.45, 2.75) is 96.3 Å². The van der Waals surface area contributed by atoms with E-state index in [9.17, 15) is 22.0 Å². The van der Waals surface area contributed by atoms with Crippen LogP contribution in [-0.4, -0.2) is 6.36 Å². The van der Waals surface area contributed by atoms with Gasteiger partial charge in [0.05, 0.1) is 0 Å². The molecule has 32 heavy (non-hydrogen) atoms. The Morgan fingerprint density at radius 3 is 1.91 bits per heavy atom. The highest BCUT2D eigenvalue weighted by Crippen LogP contribution is 2.45. The maximum atomic E-state index is 14.1. The van der Waals surface area contributed by atoms with Gasteiger partial charge in [-0.05, 0) is 99.2 Å². The summed E-state index contributed by atoms with van der Waals surface area (Å²) in [6, 6.07) is 2.02. The average molecular weight is 459 g/mol. The normalized spacial score (nSPS) is 27.1. The maximum Gasteiger partial charge on any atom is 0.573 e. The van der Waals surface area contributed by atoms with Crippen LogP contribution in [0.25, 0.3) is 0 Å². The van der Waals surface area contributed by atoms with Crippen molar-refractivity contribution in [2.24, 2.45) is 17.8 Å². The minimum Gasteiger partial charge on any atom is -0.399 e. The van der Waals surface area contributed by atoms with E-state index in [4.69, 9.17) is 0 Å². The lowest BCUT2D eigenvalue weighted by Gasteiger charge is -2.38. The number of halogens is 5. The molecule has 2 aliphatic carbocycles. The molecule has 0 aromatic heterocycles. The summed E-state index contributed by atoms with van der Waals surface area (Å²) in [4.78, 5) is 0. The first kappa shape index (κ1) is 25.0. The molecule has 0 atom stereocenters. The second-order valence-corrected chi connectivity index (χ2v) is 9.59. The standard InChI is InChI=1S/C26H35F5O/c1-2-3-4-5-6-7-18-8-10-19(11-9-18)20-12-14-21(15-13-20)22-16-23(27)25(24(28)17-22)32-26(29,30)31/h4-5,16-21H,2-3,6-15H2,1H3.